The molecular weight excluding hydrogens is 248 g/mol. The van der Waals surface area contributed by atoms with Crippen molar-refractivity contribution in [3.8, 4) is 0 Å². The fraction of sp³-hybridized carbons (Fsp3) is 0.857. The molecule has 0 fully saturated rings. The fourth-order valence-electron chi connectivity index (χ4n) is 1.06. The zero-order valence-corrected chi connectivity index (χ0v) is 10.9. The molecule has 0 radical (unpaired) electrons. The monoisotopic (exact) mass is 278 g/mol. The van der Waals surface area contributed by atoms with Gasteiger partial charge < -0.3 is 14.2 Å². The van der Waals surface area contributed by atoms with E-state index in [9.17, 15) is 9.59 Å². The highest BCUT2D eigenvalue weighted by atomic mass is 16.6. The molecule has 19 heavy (non-hydrogen) atoms. The second-order valence-electron chi connectivity index (χ2n) is 3.74. The first-order chi connectivity index (χ1) is 8.11. The van der Waals surface area contributed by atoms with E-state index in [-0.39, 0.29) is 27.2 Å². The highest BCUT2D eigenvalue weighted by Crippen LogP contribution is 1.97. The Balaban J connectivity index is -0.00000128. The summed E-state index contributed by atoms with van der Waals surface area (Å²) in [5, 5.41) is 0. The van der Waals surface area contributed by atoms with E-state index in [0.29, 0.717) is 26.1 Å². The van der Waals surface area contributed by atoms with Gasteiger partial charge in [-0.25, -0.2) is 4.79 Å². The van der Waals surface area contributed by atoms with E-state index in [4.69, 9.17) is 14.2 Å². The van der Waals surface area contributed by atoms with Crippen molar-refractivity contribution in [2.24, 2.45) is 0 Å². The van der Waals surface area contributed by atoms with Gasteiger partial charge in [-0.1, -0.05) is 21.8 Å². The third kappa shape index (κ3) is 13.3. The van der Waals surface area contributed by atoms with Gasteiger partial charge in [0.05, 0.1) is 0 Å². The molecule has 0 rings (SSSR count). The van der Waals surface area contributed by atoms with Gasteiger partial charge in [-0.2, -0.15) is 0 Å². The van der Waals surface area contributed by atoms with Crippen LogP contribution in [0.1, 0.15) is 48.0 Å². The highest BCUT2D eigenvalue weighted by Gasteiger charge is 2.14. The summed E-state index contributed by atoms with van der Waals surface area (Å²) in [5.74, 6) is -0.607. The number of ketones is 1. The molecule has 0 heterocycles. The van der Waals surface area contributed by atoms with Crippen molar-refractivity contribution in [1.82, 2.24) is 0 Å². The number of hydrogen-bond acceptors (Lipinski definition) is 5. The number of esters is 1. The molecule has 0 N–H and O–H groups in total. The van der Waals surface area contributed by atoms with Crippen molar-refractivity contribution in [1.29, 1.82) is 0 Å². The molecular formula is C14H30O5. The van der Waals surface area contributed by atoms with Gasteiger partial charge in [0.1, 0.15) is 6.61 Å². The lowest BCUT2D eigenvalue weighted by Gasteiger charge is -2.09. The average molecular weight is 278 g/mol. The normalized spacial score (nSPS) is 10.9. The van der Waals surface area contributed by atoms with Crippen LogP contribution in [0.15, 0.2) is 0 Å². The lowest BCUT2D eigenvalue weighted by atomic mass is 10.2. The summed E-state index contributed by atoms with van der Waals surface area (Å²) >= 11 is 0. The van der Waals surface area contributed by atoms with E-state index in [1.54, 1.807) is 6.92 Å². The largest absolute Gasteiger partial charge is 0.456 e. The molecule has 1 unspecified atom stereocenters. The standard InChI is InChI=1S/C12H22O5.2CH4/c1-4-7-16-8-5-6-11(13)9-17-12(14)10(2)15-3;;/h10H,4-9H2,1-3H3;2*1H4. The smallest absolute Gasteiger partial charge is 0.335 e. The lowest BCUT2D eigenvalue weighted by molar-refractivity contribution is -0.157. The van der Waals surface area contributed by atoms with Crippen LogP contribution in [0.2, 0.25) is 0 Å². The molecule has 0 aliphatic carbocycles. The zero-order chi connectivity index (χ0) is 13.1. The van der Waals surface area contributed by atoms with Gasteiger partial charge in [0.25, 0.3) is 0 Å². The van der Waals surface area contributed by atoms with Crippen LogP contribution in [-0.2, 0) is 23.8 Å². The summed E-state index contributed by atoms with van der Waals surface area (Å²) in [6, 6.07) is 0. The van der Waals surface area contributed by atoms with E-state index >= 15 is 0 Å². The zero-order valence-electron chi connectivity index (χ0n) is 10.9. The summed E-state index contributed by atoms with van der Waals surface area (Å²) in [4.78, 5) is 22.5. The number of methoxy groups -OCH3 is 1. The topological polar surface area (TPSA) is 61.8 Å². The summed E-state index contributed by atoms with van der Waals surface area (Å²) in [6.07, 6.45) is 1.38. The maximum absolute atomic E-state index is 11.3. The van der Waals surface area contributed by atoms with Crippen molar-refractivity contribution < 1.29 is 23.8 Å². The van der Waals surface area contributed by atoms with Gasteiger partial charge in [0.2, 0.25) is 0 Å². The number of carbonyl (C=O) groups excluding carboxylic acids is 2. The van der Waals surface area contributed by atoms with Crippen LogP contribution in [0, 0.1) is 0 Å². The quantitative estimate of drug-likeness (QED) is 0.454. The predicted molar refractivity (Wildman–Crippen MR) is 76.2 cm³/mol. The SMILES string of the molecule is C.C.CCCOCCCC(=O)COC(=O)C(C)OC. The van der Waals surface area contributed by atoms with Gasteiger partial charge in [0, 0.05) is 26.7 Å². The molecule has 0 aromatic rings. The second kappa shape index (κ2) is 15.1. The van der Waals surface area contributed by atoms with Crippen molar-refractivity contribution in [2.75, 3.05) is 26.9 Å². The maximum atomic E-state index is 11.3. The molecule has 0 saturated carbocycles. The molecule has 1 atom stereocenters. The first-order valence-electron chi connectivity index (χ1n) is 5.90. The van der Waals surface area contributed by atoms with Crippen LogP contribution in [0.5, 0.6) is 0 Å². The van der Waals surface area contributed by atoms with Gasteiger partial charge in [0.15, 0.2) is 11.9 Å². The molecule has 0 spiro atoms. The Labute approximate surface area is 117 Å². The Bertz CT molecular complexity index is 228. The Kier molecular flexibility index (Phi) is 18.4. The van der Waals surface area contributed by atoms with E-state index in [2.05, 4.69) is 0 Å². The van der Waals surface area contributed by atoms with E-state index in [0.717, 1.165) is 6.42 Å². The summed E-state index contributed by atoms with van der Waals surface area (Å²) < 4.78 is 14.8. The molecule has 5 nitrogen and oxygen atoms in total. The number of Topliss-reactive ketones (excluding diaryl/α,β-unsaturated/α-hetero) is 1. The van der Waals surface area contributed by atoms with Crippen molar-refractivity contribution in [3.05, 3.63) is 0 Å². The van der Waals surface area contributed by atoms with Crippen LogP contribution in [0.4, 0.5) is 0 Å². The summed E-state index contributed by atoms with van der Waals surface area (Å²) in [6.45, 7) is 4.71. The van der Waals surface area contributed by atoms with Crippen LogP contribution in [-0.4, -0.2) is 44.8 Å². The summed E-state index contributed by atoms with van der Waals surface area (Å²) in [7, 11) is 1.42. The van der Waals surface area contributed by atoms with Crippen molar-refractivity contribution in [3.63, 3.8) is 0 Å². The molecule has 0 bridgehead atoms. The molecule has 5 heteroatoms. The minimum Gasteiger partial charge on any atom is -0.456 e. The third-order valence-corrected chi connectivity index (χ3v) is 2.15. The third-order valence-electron chi connectivity index (χ3n) is 2.15. The molecule has 0 saturated heterocycles. The van der Waals surface area contributed by atoms with Crippen LogP contribution in [0.3, 0.4) is 0 Å². The van der Waals surface area contributed by atoms with Crippen molar-refractivity contribution >= 4 is 11.8 Å². The molecule has 0 aromatic carbocycles. The van der Waals surface area contributed by atoms with Crippen LogP contribution < -0.4 is 0 Å². The van der Waals surface area contributed by atoms with Gasteiger partial charge in [-0.3, -0.25) is 4.79 Å². The molecule has 116 valence electrons. The summed E-state index contributed by atoms with van der Waals surface area (Å²) in [5.41, 5.74) is 0. The number of ether oxygens (including phenoxy) is 3. The predicted octanol–water partition coefficient (Wildman–Crippen LogP) is 2.61. The average Bonchev–Trinajstić information content (AvgIpc) is 2.34. The van der Waals surface area contributed by atoms with Crippen LogP contribution >= 0.6 is 0 Å². The van der Waals surface area contributed by atoms with Gasteiger partial charge in [-0.05, 0) is 19.8 Å². The molecule has 0 aliphatic rings. The van der Waals surface area contributed by atoms with E-state index in [1.807, 2.05) is 6.92 Å². The van der Waals surface area contributed by atoms with E-state index < -0.39 is 12.1 Å². The Morgan fingerprint density at radius 3 is 2.32 bits per heavy atom. The Hall–Kier alpha value is -0.940. The highest BCUT2D eigenvalue weighted by molar-refractivity contribution is 5.83. The molecule has 0 amide bonds. The molecule has 0 aliphatic heterocycles. The Morgan fingerprint density at radius 2 is 1.79 bits per heavy atom. The first kappa shape index (κ1) is 23.2. The minimum atomic E-state index is -0.629. The number of rotatable bonds is 10. The maximum Gasteiger partial charge on any atom is 0.335 e. The van der Waals surface area contributed by atoms with Crippen LogP contribution in [0.25, 0.3) is 0 Å². The van der Waals surface area contributed by atoms with Gasteiger partial charge in [-0.15, -0.1) is 0 Å². The molecule has 0 aromatic heterocycles. The first-order valence-corrected chi connectivity index (χ1v) is 5.90. The minimum absolute atomic E-state index is 0. The number of carbonyl (C=O) groups is 2. The Morgan fingerprint density at radius 1 is 1.16 bits per heavy atom. The van der Waals surface area contributed by atoms with E-state index in [1.165, 1.54) is 7.11 Å². The number of hydrogen-bond donors (Lipinski definition) is 0. The van der Waals surface area contributed by atoms with Crippen molar-refractivity contribution in [2.45, 2.75) is 54.1 Å². The fourth-order valence-corrected chi connectivity index (χ4v) is 1.06. The second-order valence-corrected chi connectivity index (χ2v) is 3.74. The lowest BCUT2D eigenvalue weighted by Crippen LogP contribution is -2.24. The van der Waals surface area contributed by atoms with Gasteiger partial charge >= 0.3 is 5.97 Å².